The first-order valence-corrected chi connectivity index (χ1v) is 7.78. The highest BCUT2D eigenvalue weighted by molar-refractivity contribution is 5.92. The number of hydrogen-bond donors (Lipinski definition) is 3. The molecule has 128 valence electrons. The fourth-order valence-electron chi connectivity index (χ4n) is 1.79. The summed E-state index contributed by atoms with van der Waals surface area (Å²) in [5.74, 6) is 0.366. The molecule has 0 heterocycles. The Hall–Kier alpha value is -2.24. The van der Waals surface area contributed by atoms with Crippen LogP contribution in [0.2, 0.25) is 0 Å². The number of carbonyl (C=O) groups is 1. The highest BCUT2D eigenvalue weighted by atomic mass is 16.6. The van der Waals surface area contributed by atoms with E-state index in [1.54, 1.807) is 0 Å². The molecular weight excluding hydrogens is 292 g/mol. The Kier molecular flexibility index (Phi) is 6.88. The van der Waals surface area contributed by atoms with Gasteiger partial charge in [0.1, 0.15) is 5.60 Å². The van der Waals surface area contributed by atoms with Crippen molar-refractivity contribution in [1.29, 1.82) is 0 Å². The van der Waals surface area contributed by atoms with Crippen LogP contribution in [0.3, 0.4) is 0 Å². The van der Waals surface area contributed by atoms with Crippen LogP contribution in [0.1, 0.15) is 38.3 Å². The number of hydrogen-bond acceptors (Lipinski definition) is 3. The van der Waals surface area contributed by atoms with Crippen molar-refractivity contribution in [2.45, 2.75) is 46.6 Å². The Labute approximate surface area is 138 Å². The molecule has 0 radical (unpaired) electrons. The monoisotopic (exact) mass is 320 g/mol. The fourth-order valence-corrected chi connectivity index (χ4v) is 1.79. The molecule has 0 saturated heterocycles. The molecule has 0 saturated carbocycles. The van der Waals surface area contributed by atoms with Crippen molar-refractivity contribution in [3.05, 3.63) is 29.3 Å². The number of ether oxygens (including phenoxy) is 1. The highest BCUT2D eigenvalue weighted by Crippen LogP contribution is 2.13. The van der Waals surface area contributed by atoms with Gasteiger partial charge in [-0.3, -0.25) is 4.99 Å². The van der Waals surface area contributed by atoms with Crippen molar-refractivity contribution < 1.29 is 9.53 Å². The minimum atomic E-state index is -0.483. The van der Waals surface area contributed by atoms with E-state index in [4.69, 9.17) is 10.5 Å². The van der Waals surface area contributed by atoms with Gasteiger partial charge in [-0.1, -0.05) is 6.07 Å². The van der Waals surface area contributed by atoms with Crippen LogP contribution in [0.15, 0.2) is 23.2 Å². The quantitative estimate of drug-likeness (QED) is 0.442. The van der Waals surface area contributed by atoms with Crippen LogP contribution in [0.25, 0.3) is 0 Å². The van der Waals surface area contributed by atoms with E-state index in [1.165, 1.54) is 11.1 Å². The van der Waals surface area contributed by atoms with E-state index >= 15 is 0 Å². The molecule has 0 aromatic heterocycles. The topological polar surface area (TPSA) is 88.7 Å². The molecule has 0 unspecified atom stereocenters. The third kappa shape index (κ3) is 8.09. The van der Waals surface area contributed by atoms with Crippen LogP contribution >= 0.6 is 0 Å². The molecule has 1 aromatic rings. The second kappa shape index (κ2) is 8.41. The minimum absolute atomic E-state index is 0.366. The van der Waals surface area contributed by atoms with Crippen LogP contribution in [-0.2, 0) is 4.74 Å². The SMILES string of the molecule is Cc1ccc(NC(N)=NCCCNC(=O)OC(C)(C)C)cc1C. The van der Waals surface area contributed by atoms with E-state index in [-0.39, 0.29) is 0 Å². The van der Waals surface area contributed by atoms with Crippen molar-refractivity contribution in [3.8, 4) is 0 Å². The molecule has 1 aromatic carbocycles. The molecule has 4 N–H and O–H groups in total. The lowest BCUT2D eigenvalue weighted by atomic mass is 10.1. The number of rotatable bonds is 5. The summed E-state index contributed by atoms with van der Waals surface area (Å²) in [6.07, 6.45) is 0.275. The first kappa shape index (κ1) is 18.8. The number of nitrogens with two attached hydrogens (primary N) is 1. The van der Waals surface area contributed by atoms with Crippen LogP contribution in [0.5, 0.6) is 0 Å². The van der Waals surface area contributed by atoms with Gasteiger partial charge < -0.3 is 21.1 Å². The second-order valence-corrected chi connectivity index (χ2v) is 6.47. The minimum Gasteiger partial charge on any atom is -0.444 e. The van der Waals surface area contributed by atoms with Gasteiger partial charge in [-0.2, -0.15) is 0 Å². The van der Waals surface area contributed by atoms with Crippen LogP contribution in [-0.4, -0.2) is 30.7 Å². The number of alkyl carbamates (subject to hydrolysis) is 1. The Morgan fingerprint density at radius 2 is 1.96 bits per heavy atom. The van der Waals surface area contributed by atoms with Gasteiger partial charge in [0.05, 0.1) is 0 Å². The summed E-state index contributed by atoms with van der Waals surface area (Å²) in [4.78, 5) is 15.7. The Morgan fingerprint density at radius 3 is 2.57 bits per heavy atom. The molecule has 0 fully saturated rings. The van der Waals surface area contributed by atoms with E-state index in [0.29, 0.717) is 25.5 Å². The van der Waals surface area contributed by atoms with E-state index in [0.717, 1.165) is 5.69 Å². The highest BCUT2D eigenvalue weighted by Gasteiger charge is 2.15. The van der Waals surface area contributed by atoms with Crippen molar-refractivity contribution in [2.75, 3.05) is 18.4 Å². The molecule has 1 amide bonds. The number of carbonyl (C=O) groups excluding carboxylic acids is 1. The van der Waals surface area contributed by atoms with Gasteiger partial charge in [0.15, 0.2) is 5.96 Å². The third-order valence-corrected chi connectivity index (χ3v) is 3.06. The molecule has 6 heteroatoms. The lowest BCUT2D eigenvalue weighted by Crippen LogP contribution is -2.33. The molecular formula is C17H28N4O2. The molecule has 6 nitrogen and oxygen atoms in total. The van der Waals surface area contributed by atoms with Crippen molar-refractivity contribution >= 4 is 17.7 Å². The van der Waals surface area contributed by atoms with Gasteiger partial charge in [-0.15, -0.1) is 0 Å². The first-order valence-electron chi connectivity index (χ1n) is 7.78. The summed E-state index contributed by atoms with van der Waals surface area (Å²) in [5.41, 5.74) is 8.71. The van der Waals surface area contributed by atoms with Gasteiger partial charge in [0.2, 0.25) is 0 Å². The maximum atomic E-state index is 11.5. The average molecular weight is 320 g/mol. The number of nitrogens with one attached hydrogen (secondary N) is 2. The Morgan fingerprint density at radius 1 is 1.26 bits per heavy atom. The average Bonchev–Trinajstić information content (AvgIpc) is 2.40. The van der Waals surface area contributed by atoms with Crippen molar-refractivity contribution in [3.63, 3.8) is 0 Å². The summed E-state index contributed by atoms with van der Waals surface area (Å²) in [6.45, 7) is 10.6. The molecule has 0 aliphatic carbocycles. The summed E-state index contributed by atoms with van der Waals surface area (Å²) < 4.78 is 5.14. The van der Waals surface area contributed by atoms with Crippen LogP contribution in [0.4, 0.5) is 10.5 Å². The Balaban J connectivity index is 2.29. The summed E-state index contributed by atoms with van der Waals surface area (Å²) >= 11 is 0. The molecule has 0 atom stereocenters. The number of anilines is 1. The van der Waals surface area contributed by atoms with Gasteiger partial charge in [-0.25, -0.2) is 4.79 Å². The smallest absolute Gasteiger partial charge is 0.407 e. The zero-order chi connectivity index (χ0) is 17.5. The Bertz CT molecular complexity index is 562. The maximum absolute atomic E-state index is 11.5. The van der Waals surface area contributed by atoms with E-state index in [1.807, 2.05) is 39.0 Å². The number of nitrogens with zero attached hydrogens (tertiary/aromatic N) is 1. The van der Waals surface area contributed by atoms with Crippen LogP contribution in [0, 0.1) is 13.8 Å². The predicted molar refractivity (Wildman–Crippen MR) is 94.9 cm³/mol. The number of aliphatic imine (C=N–C) groups is 1. The van der Waals surface area contributed by atoms with Gasteiger partial charge in [0.25, 0.3) is 0 Å². The summed E-state index contributed by atoms with van der Waals surface area (Å²) in [5, 5.41) is 5.74. The van der Waals surface area contributed by atoms with Crippen molar-refractivity contribution in [2.24, 2.45) is 10.7 Å². The van der Waals surface area contributed by atoms with Crippen LogP contribution < -0.4 is 16.4 Å². The third-order valence-electron chi connectivity index (χ3n) is 3.06. The van der Waals surface area contributed by atoms with Crippen molar-refractivity contribution in [1.82, 2.24) is 5.32 Å². The van der Waals surface area contributed by atoms with E-state index in [9.17, 15) is 4.79 Å². The number of guanidine groups is 1. The second-order valence-electron chi connectivity index (χ2n) is 6.47. The largest absolute Gasteiger partial charge is 0.444 e. The summed E-state index contributed by atoms with van der Waals surface area (Å²) in [7, 11) is 0. The lowest BCUT2D eigenvalue weighted by Gasteiger charge is -2.19. The zero-order valence-electron chi connectivity index (χ0n) is 14.7. The molecule has 0 spiro atoms. The van der Waals surface area contributed by atoms with Gasteiger partial charge in [-0.05, 0) is 64.3 Å². The summed E-state index contributed by atoms with van der Waals surface area (Å²) in [6, 6.07) is 6.03. The standard InChI is InChI=1S/C17H28N4O2/c1-12-7-8-14(11-13(12)2)21-15(18)19-9-6-10-20-16(22)23-17(3,4)5/h7-8,11H,6,9-10H2,1-5H3,(H,20,22)(H3,18,19,21). The zero-order valence-corrected chi connectivity index (χ0v) is 14.7. The van der Waals surface area contributed by atoms with Gasteiger partial charge in [0, 0.05) is 18.8 Å². The predicted octanol–water partition coefficient (Wildman–Crippen LogP) is 2.94. The van der Waals surface area contributed by atoms with E-state index < -0.39 is 11.7 Å². The number of benzene rings is 1. The number of amides is 1. The molecule has 23 heavy (non-hydrogen) atoms. The molecule has 0 bridgehead atoms. The van der Waals surface area contributed by atoms with E-state index in [2.05, 4.69) is 29.5 Å². The lowest BCUT2D eigenvalue weighted by molar-refractivity contribution is 0.0527. The normalized spacial score (nSPS) is 12.0. The molecule has 0 aliphatic rings. The molecule has 0 aliphatic heterocycles. The number of aryl methyl sites for hydroxylation is 2. The van der Waals surface area contributed by atoms with Gasteiger partial charge >= 0.3 is 6.09 Å². The maximum Gasteiger partial charge on any atom is 0.407 e. The first-order chi connectivity index (χ1) is 10.7. The molecule has 1 rings (SSSR count). The fraction of sp³-hybridized carbons (Fsp3) is 0.529.